The third-order valence-corrected chi connectivity index (χ3v) is 5.21. The van der Waals surface area contributed by atoms with Gasteiger partial charge in [0.15, 0.2) is 0 Å². The molecular formula is C12H16OS2. The number of aliphatic hydroxyl groups excluding tert-OH is 1. The molecule has 15 heavy (non-hydrogen) atoms. The van der Waals surface area contributed by atoms with Gasteiger partial charge in [-0.1, -0.05) is 18.2 Å². The Bertz CT molecular complexity index is 289. The zero-order chi connectivity index (χ0) is 10.5. The summed E-state index contributed by atoms with van der Waals surface area (Å²) in [6, 6.07) is 8.70. The van der Waals surface area contributed by atoms with Crippen LogP contribution >= 0.6 is 23.5 Å². The van der Waals surface area contributed by atoms with Gasteiger partial charge >= 0.3 is 0 Å². The first kappa shape index (κ1) is 11.4. The Morgan fingerprint density at radius 1 is 1.40 bits per heavy atom. The molecule has 0 spiro atoms. The fourth-order valence-electron chi connectivity index (χ4n) is 1.73. The minimum absolute atomic E-state index is 0.324. The lowest BCUT2D eigenvalue weighted by atomic mass is 10.1. The van der Waals surface area contributed by atoms with E-state index in [4.69, 9.17) is 5.11 Å². The van der Waals surface area contributed by atoms with Crippen molar-refractivity contribution in [3.05, 3.63) is 29.8 Å². The first-order valence-electron chi connectivity index (χ1n) is 5.33. The van der Waals surface area contributed by atoms with Crippen LogP contribution in [0.25, 0.3) is 0 Å². The van der Waals surface area contributed by atoms with E-state index >= 15 is 0 Å². The van der Waals surface area contributed by atoms with Crippen molar-refractivity contribution in [2.24, 2.45) is 0 Å². The monoisotopic (exact) mass is 240 g/mol. The molecule has 1 aliphatic heterocycles. The molecule has 0 fully saturated rings. The fraction of sp³-hybridized carbons (Fsp3) is 0.500. The van der Waals surface area contributed by atoms with Crippen LogP contribution in [0.2, 0.25) is 0 Å². The van der Waals surface area contributed by atoms with Crippen molar-refractivity contribution in [2.75, 3.05) is 18.1 Å². The quantitative estimate of drug-likeness (QED) is 0.799. The van der Waals surface area contributed by atoms with Crippen LogP contribution in [0.15, 0.2) is 29.2 Å². The SMILES string of the molecule is OCCCSCC1Cc2ccccc2S1. The lowest BCUT2D eigenvalue weighted by molar-refractivity contribution is 0.296. The summed E-state index contributed by atoms with van der Waals surface area (Å²) in [4.78, 5) is 1.46. The summed E-state index contributed by atoms with van der Waals surface area (Å²) in [5.41, 5.74) is 1.51. The van der Waals surface area contributed by atoms with Crippen LogP contribution in [0.3, 0.4) is 0 Å². The van der Waals surface area contributed by atoms with Gasteiger partial charge in [0.2, 0.25) is 0 Å². The van der Waals surface area contributed by atoms with E-state index in [0.29, 0.717) is 6.61 Å². The van der Waals surface area contributed by atoms with Crippen LogP contribution < -0.4 is 0 Å². The van der Waals surface area contributed by atoms with E-state index in [2.05, 4.69) is 24.3 Å². The average molecular weight is 240 g/mol. The Morgan fingerprint density at radius 2 is 2.27 bits per heavy atom. The highest BCUT2D eigenvalue weighted by Crippen LogP contribution is 2.38. The van der Waals surface area contributed by atoms with Gasteiger partial charge in [-0.2, -0.15) is 11.8 Å². The summed E-state index contributed by atoms with van der Waals surface area (Å²) in [5.74, 6) is 2.29. The average Bonchev–Trinajstić information content (AvgIpc) is 2.67. The van der Waals surface area contributed by atoms with Crippen molar-refractivity contribution in [3.8, 4) is 0 Å². The van der Waals surface area contributed by atoms with E-state index < -0.39 is 0 Å². The molecule has 0 saturated heterocycles. The van der Waals surface area contributed by atoms with E-state index in [1.807, 2.05) is 23.5 Å². The number of hydrogen-bond acceptors (Lipinski definition) is 3. The first-order chi connectivity index (χ1) is 7.40. The highest BCUT2D eigenvalue weighted by Gasteiger charge is 2.21. The molecule has 1 N–H and O–H groups in total. The predicted octanol–water partition coefficient (Wildman–Crippen LogP) is 2.82. The number of fused-ring (bicyclic) bond motifs is 1. The third kappa shape index (κ3) is 3.16. The number of aliphatic hydroxyl groups is 1. The Hall–Kier alpha value is -0.120. The summed E-state index contributed by atoms with van der Waals surface area (Å²) in [6.45, 7) is 0.324. The van der Waals surface area contributed by atoms with Crippen molar-refractivity contribution >= 4 is 23.5 Å². The summed E-state index contributed by atoms with van der Waals surface area (Å²) in [7, 11) is 0. The second-order valence-corrected chi connectivity index (χ2v) is 6.20. The van der Waals surface area contributed by atoms with Gasteiger partial charge in [0, 0.05) is 22.5 Å². The second-order valence-electron chi connectivity index (χ2n) is 3.70. The largest absolute Gasteiger partial charge is 0.396 e. The summed E-state index contributed by atoms with van der Waals surface area (Å²) in [5, 5.41) is 9.42. The van der Waals surface area contributed by atoms with E-state index in [9.17, 15) is 0 Å². The molecule has 1 atom stereocenters. The highest BCUT2D eigenvalue weighted by molar-refractivity contribution is 8.03. The maximum Gasteiger partial charge on any atom is 0.0438 e. The Kier molecular flexibility index (Phi) is 4.42. The number of benzene rings is 1. The maximum atomic E-state index is 8.68. The molecule has 2 rings (SSSR count). The first-order valence-corrected chi connectivity index (χ1v) is 7.37. The molecule has 0 radical (unpaired) electrons. The highest BCUT2D eigenvalue weighted by atomic mass is 32.2. The van der Waals surface area contributed by atoms with Crippen LogP contribution in [0.1, 0.15) is 12.0 Å². The van der Waals surface area contributed by atoms with Crippen LogP contribution in [0, 0.1) is 0 Å². The minimum atomic E-state index is 0.324. The lowest BCUT2D eigenvalue weighted by Gasteiger charge is -2.06. The molecule has 1 aliphatic rings. The van der Waals surface area contributed by atoms with E-state index in [1.165, 1.54) is 22.6 Å². The fourth-order valence-corrected chi connectivity index (χ4v) is 4.25. The van der Waals surface area contributed by atoms with Crippen LogP contribution in [-0.4, -0.2) is 28.5 Å². The van der Waals surface area contributed by atoms with Crippen molar-refractivity contribution in [1.82, 2.24) is 0 Å². The molecule has 1 heterocycles. The molecule has 3 heteroatoms. The molecule has 82 valence electrons. The number of thioether (sulfide) groups is 2. The van der Waals surface area contributed by atoms with Crippen LogP contribution in [0.4, 0.5) is 0 Å². The molecule has 1 aromatic rings. The molecule has 0 aliphatic carbocycles. The topological polar surface area (TPSA) is 20.2 Å². The lowest BCUT2D eigenvalue weighted by Crippen LogP contribution is -2.05. The van der Waals surface area contributed by atoms with Crippen LogP contribution in [-0.2, 0) is 6.42 Å². The normalized spacial score (nSPS) is 19.1. The van der Waals surface area contributed by atoms with Gasteiger partial charge in [-0.15, -0.1) is 11.8 Å². The molecule has 0 amide bonds. The van der Waals surface area contributed by atoms with Gasteiger partial charge < -0.3 is 5.11 Å². The molecule has 0 aromatic heterocycles. The summed E-state index contributed by atoms with van der Waals surface area (Å²) in [6.07, 6.45) is 2.14. The Morgan fingerprint density at radius 3 is 3.07 bits per heavy atom. The van der Waals surface area contributed by atoms with E-state index in [0.717, 1.165) is 17.4 Å². The summed E-state index contributed by atoms with van der Waals surface area (Å²) < 4.78 is 0. The molecule has 0 saturated carbocycles. The number of rotatable bonds is 5. The van der Waals surface area contributed by atoms with Gasteiger partial charge in [0.25, 0.3) is 0 Å². The van der Waals surface area contributed by atoms with Crippen molar-refractivity contribution in [2.45, 2.75) is 23.0 Å². The third-order valence-electron chi connectivity index (χ3n) is 2.46. The maximum absolute atomic E-state index is 8.68. The molecule has 1 nitrogen and oxygen atoms in total. The van der Waals surface area contributed by atoms with E-state index in [-0.39, 0.29) is 0 Å². The predicted molar refractivity (Wildman–Crippen MR) is 68.8 cm³/mol. The van der Waals surface area contributed by atoms with Gasteiger partial charge in [0.05, 0.1) is 0 Å². The van der Waals surface area contributed by atoms with Gasteiger partial charge in [-0.25, -0.2) is 0 Å². The van der Waals surface area contributed by atoms with Crippen molar-refractivity contribution < 1.29 is 5.11 Å². The van der Waals surface area contributed by atoms with Gasteiger partial charge in [-0.05, 0) is 30.2 Å². The van der Waals surface area contributed by atoms with Gasteiger partial charge in [-0.3, -0.25) is 0 Å². The van der Waals surface area contributed by atoms with Crippen molar-refractivity contribution in [1.29, 1.82) is 0 Å². The minimum Gasteiger partial charge on any atom is -0.396 e. The number of hydrogen-bond donors (Lipinski definition) is 1. The second kappa shape index (κ2) is 5.83. The smallest absolute Gasteiger partial charge is 0.0438 e. The standard InChI is InChI=1S/C12H16OS2/c13-6-3-7-14-9-11-8-10-4-1-2-5-12(10)15-11/h1-2,4-5,11,13H,3,6-9H2. The Labute approximate surface area is 99.7 Å². The van der Waals surface area contributed by atoms with Crippen LogP contribution in [0.5, 0.6) is 0 Å². The molecule has 1 aromatic carbocycles. The zero-order valence-corrected chi connectivity index (χ0v) is 10.3. The van der Waals surface area contributed by atoms with Gasteiger partial charge in [0.1, 0.15) is 0 Å². The molecule has 0 bridgehead atoms. The summed E-state index contributed by atoms with van der Waals surface area (Å²) >= 11 is 3.98. The Balaban J connectivity index is 1.76. The molecule has 1 unspecified atom stereocenters. The van der Waals surface area contributed by atoms with Crippen molar-refractivity contribution in [3.63, 3.8) is 0 Å². The zero-order valence-electron chi connectivity index (χ0n) is 8.69. The van der Waals surface area contributed by atoms with E-state index in [1.54, 1.807) is 0 Å². The molecular weight excluding hydrogens is 224 g/mol.